The van der Waals surface area contributed by atoms with Gasteiger partial charge in [0.2, 0.25) is 11.8 Å². The Labute approximate surface area is 129 Å². The first kappa shape index (κ1) is 17.7. The zero-order chi connectivity index (χ0) is 16.7. The third-order valence-corrected chi connectivity index (χ3v) is 3.20. The second-order valence-corrected chi connectivity index (χ2v) is 5.07. The molecule has 2 amide bonds. The van der Waals surface area contributed by atoms with Crippen LogP contribution in [0.1, 0.15) is 26.3 Å². The summed E-state index contributed by atoms with van der Waals surface area (Å²) in [4.78, 5) is 37.7. The summed E-state index contributed by atoms with van der Waals surface area (Å²) in [5.41, 5.74) is 0. The molecule has 0 aliphatic carbocycles. The molecule has 0 spiro atoms. The number of carbonyl (C=O) groups is 3. The molecule has 1 N–H and O–H groups in total. The summed E-state index contributed by atoms with van der Waals surface area (Å²) in [5.74, 6) is -1.71. The van der Waals surface area contributed by atoms with Gasteiger partial charge in [-0.25, -0.2) is 0 Å². The van der Waals surface area contributed by atoms with Crippen molar-refractivity contribution in [3.63, 3.8) is 0 Å². The van der Waals surface area contributed by atoms with Crippen molar-refractivity contribution in [3.05, 3.63) is 18.5 Å². The van der Waals surface area contributed by atoms with Gasteiger partial charge in [0.05, 0.1) is 6.54 Å². The van der Waals surface area contributed by atoms with Crippen molar-refractivity contribution >= 4 is 17.8 Å². The number of aromatic nitrogens is 2. The Morgan fingerprint density at radius 2 is 2.00 bits per heavy atom. The van der Waals surface area contributed by atoms with Gasteiger partial charge >= 0.3 is 5.97 Å². The van der Waals surface area contributed by atoms with Crippen molar-refractivity contribution in [2.45, 2.75) is 26.3 Å². The van der Waals surface area contributed by atoms with Crippen LogP contribution in [0.25, 0.3) is 0 Å². The first-order valence-electron chi connectivity index (χ1n) is 7.10. The van der Waals surface area contributed by atoms with Crippen molar-refractivity contribution in [1.82, 2.24) is 19.6 Å². The van der Waals surface area contributed by atoms with Gasteiger partial charge in [0.15, 0.2) is 0 Å². The predicted molar refractivity (Wildman–Crippen MR) is 79.1 cm³/mol. The highest BCUT2D eigenvalue weighted by Gasteiger charge is 2.24. The summed E-state index contributed by atoms with van der Waals surface area (Å²) in [6, 6.07) is 1.19. The number of aliphatic carboxylic acids is 1. The van der Waals surface area contributed by atoms with Crippen LogP contribution < -0.4 is 0 Å². The minimum Gasteiger partial charge on any atom is -0.480 e. The molecule has 0 aliphatic rings. The van der Waals surface area contributed by atoms with Gasteiger partial charge in [-0.2, -0.15) is 5.10 Å². The lowest BCUT2D eigenvalue weighted by Crippen LogP contribution is -2.45. The van der Waals surface area contributed by atoms with Crippen molar-refractivity contribution in [1.29, 1.82) is 0 Å². The molecular weight excluding hydrogens is 288 g/mol. The van der Waals surface area contributed by atoms with Crippen molar-refractivity contribution in [3.8, 4) is 0 Å². The average Bonchev–Trinajstić information content (AvgIpc) is 2.98. The van der Waals surface area contributed by atoms with Crippen molar-refractivity contribution in [2.75, 3.05) is 26.7 Å². The van der Waals surface area contributed by atoms with Crippen LogP contribution in [0.15, 0.2) is 18.5 Å². The van der Waals surface area contributed by atoms with E-state index in [1.54, 1.807) is 25.4 Å². The summed E-state index contributed by atoms with van der Waals surface area (Å²) in [7, 11) is 1.52. The molecule has 1 atom stereocenters. The SMILES string of the molecule is CCCN(CC(=O)O)C(=O)CN(C)C(=O)C(C)n1cccn1. The van der Waals surface area contributed by atoms with E-state index >= 15 is 0 Å². The standard InChI is InChI=1S/C14H22N4O4/c1-4-7-17(10-13(20)21)12(19)9-16(3)14(22)11(2)18-8-5-6-15-18/h5-6,8,11H,4,7,9-10H2,1-3H3,(H,20,21). The maximum atomic E-state index is 12.3. The Balaban J connectivity index is 2.65. The van der Waals surface area contributed by atoms with E-state index in [2.05, 4.69) is 5.10 Å². The quantitative estimate of drug-likeness (QED) is 0.741. The van der Waals surface area contributed by atoms with Crippen LogP contribution in [0.4, 0.5) is 0 Å². The molecular formula is C14H22N4O4. The fourth-order valence-corrected chi connectivity index (χ4v) is 2.05. The molecule has 122 valence electrons. The summed E-state index contributed by atoms with van der Waals surface area (Å²) in [5, 5.41) is 12.8. The molecule has 1 unspecified atom stereocenters. The van der Waals surface area contributed by atoms with E-state index in [-0.39, 0.29) is 24.9 Å². The molecule has 0 aliphatic heterocycles. The van der Waals surface area contributed by atoms with E-state index in [0.29, 0.717) is 13.0 Å². The van der Waals surface area contributed by atoms with E-state index < -0.39 is 12.0 Å². The normalized spacial score (nSPS) is 11.8. The summed E-state index contributed by atoms with van der Waals surface area (Å²) < 4.78 is 1.50. The highest BCUT2D eigenvalue weighted by Crippen LogP contribution is 2.07. The highest BCUT2D eigenvalue weighted by atomic mass is 16.4. The molecule has 1 heterocycles. The van der Waals surface area contributed by atoms with Crippen LogP contribution in [0.5, 0.6) is 0 Å². The maximum absolute atomic E-state index is 12.3. The monoisotopic (exact) mass is 310 g/mol. The smallest absolute Gasteiger partial charge is 0.323 e. The van der Waals surface area contributed by atoms with Crippen LogP contribution >= 0.6 is 0 Å². The number of likely N-dealkylation sites (N-methyl/N-ethyl adjacent to an activating group) is 1. The molecule has 0 fully saturated rings. The number of hydrogen-bond donors (Lipinski definition) is 1. The largest absolute Gasteiger partial charge is 0.480 e. The molecule has 0 aromatic carbocycles. The number of carboxylic acid groups (broad SMARTS) is 1. The Morgan fingerprint density at radius 3 is 2.50 bits per heavy atom. The molecule has 0 saturated heterocycles. The lowest BCUT2D eigenvalue weighted by molar-refractivity contribution is -0.146. The number of carboxylic acids is 1. The minimum absolute atomic E-state index is 0.155. The first-order valence-corrected chi connectivity index (χ1v) is 7.10. The highest BCUT2D eigenvalue weighted by molar-refractivity contribution is 5.87. The van der Waals surface area contributed by atoms with Crippen molar-refractivity contribution in [2.24, 2.45) is 0 Å². The van der Waals surface area contributed by atoms with E-state index in [0.717, 1.165) is 0 Å². The maximum Gasteiger partial charge on any atom is 0.323 e. The summed E-state index contributed by atoms with van der Waals surface area (Å²) in [6.45, 7) is 3.39. The van der Waals surface area contributed by atoms with E-state index in [1.807, 2.05) is 6.92 Å². The molecule has 8 heteroatoms. The van der Waals surface area contributed by atoms with E-state index in [1.165, 1.54) is 21.5 Å². The van der Waals surface area contributed by atoms with Gasteiger partial charge in [-0.05, 0) is 19.4 Å². The van der Waals surface area contributed by atoms with Crippen LogP contribution in [0.3, 0.4) is 0 Å². The Kier molecular flexibility index (Phi) is 6.55. The Hall–Kier alpha value is -2.38. The number of rotatable bonds is 8. The topological polar surface area (TPSA) is 95.7 Å². The van der Waals surface area contributed by atoms with Gasteiger partial charge in [0, 0.05) is 26.0 Å². The third-order valence-electron chi connectivity index (χ3n) is 3.20. The van der Waals surface area contributed by atoms with Crippen LogP contribution in [0, 0.1) is 0 Å². The Bertz CT molecular complexity index is 515. The van der Waals surface area contributed by atoms with Crippen molar-refractivity contribution < 1.29 is 19.5 Å². The first-order chi connectivity index (χ1) is 10.4. The predicted octanol–water partition coefficient (Wildman–Crippen LogP) is 0.226. The second-order valence-electron chi connectivity index (χ2n) is 5.07. The summed E-state index contributed by atoms with van der Waals surface area (Å²) >= 11 is 0. The van der Waals surface area contributed by atoms with Crippen LogP contribution in [-0.2, 0) is 14.4 Å². The Morgan fingerprint density at radius 1 is 1.32 bits per heavy atom. The lowest BCUT2D eigenvalue weighted by Gasteiger charge is -2.25. The lowest BCUT2D eigenvalue weighted by atomic mass is 10.3. The average molecular weight is 310 g/mol. The van der Waals surface area contributed by atoms with E-state index in [4.69, 9.17) is 5.11 Å². The molecule has 1 rings (SSSR count). The number of amides is 2. The third kappa shape index (κ3) is 4.87. The molecule has 0 bridgehead atoms. The molecule has 1 aromatic heterocycles. The number of nitrogens with zero attached hydrogens (tertiary/aromatic N) is 4. The van der Waals surface area contributed by atoms with Gasteiger partial charge in [-0.15, -0.1) is 0 Å². The molecule has 0 radical (unpaired) electrons. The molecule has 8 nitrogen and oxygen atoms in total. The van der Waals surface area contributed by atoms with E-state index in [9.17, 15) is 14.4 Å². The van der Waals surface area contributed by atoms with Gasteiger partial charge in [0.1, 0.15) is 12.6 Å². The fourth-order valence-electron chi connectivity index (χ4n) is 2.05. The number of carbonyl (C=O) groups excluding carboxylic acids is 2. The molecule has 22 heavy (non-hydrogen) atoms. The van der Waals surface area contributed by atoms with Gasteiger partial charge in [-0.1, -0.05) is 6.92 Å². The molecule has 1 aromatic rings. The molecule has 0 saturated carbocycles. The zero-order valence-corrected chi connectivity index (χ0v) is 13.1. The fraction of sp³-hybridized carbons (Fsp3) is 0.571. The van der Waals surface area contributed by atoms with Gasteiger partial charge in [-0.3, -0.25) is 19.1 Å². The van der Waals surface area contributed by atoms with Crippen LogP contribution in [0.2, 0.25) is 0 Å². The zero-order valence-electron chi connectivity index (χ0n) is 13.1. The number of hydrogen-bond acceptors (Lipinski definition) is 4. The van der Waals surface area contributed by atoms with Gasteiger partial charge < -0.3 is 14.9 Å². The van der Waals surface area contributed by atoms with Crippen LogP contribution in [-0.4, -0.2) is 69.2 Å². The summed E-state index contributed by atoms with van der Waals surface area (Å²) in [6.07, 6.45) is 3.90. The minimum atomic E-state index is -1.07. The van der Waals surface area contributed by atoms with Gasteiger partial charge in [0.25, 0.3) is 0 Å². The second kappa shape index (κ2) is 8.16.